The van der Waals surface area contributed by atoms with Crippen LogP contribution < -0.4 is 5.73 Å². The number of ether oxygens (including phenoxy) is 1. The number of likely N-dealkylation sites (tertiary alicyclic amines) is 1. The minimum Gasteiger partial charge on any atom is -0.380 e. The van der Waals surface area contributed by atoms with Crippen LogP contribution >= 0.6 is 0 Å². The summed E-state index contributed by atoms with van der Waals surface area (Å²) in [6, 6.07) is 8.64. The molecule has 0 saturated carbocycles. The number of aryl methyl sites for hydroxylation is 1. The van der Waals surface area contributed by atoms with Gasteiger partial charge >= 0.3 is 0 Å². The maximum absolute atomic E-state index is 13.0. The Hall–Kier alpha value is -2.47. The third kappa shape index (κ3) is 2.77. The molecule has 2 heterocycles. The molecule has 0 aliphatic carbocycles. The van der Waals surface area contributed by atoms with Gasteiger partial charge in [-0.25, -0.2) is 0 Å². The quantitative estimate of drug-likeness (QED) is 0.924. The summed E-state index contributed by atoms with van der Waals surface area (Å²) in [6.45, 7) is 2.23. The number of primary amides is 1. The van der Waals surface area contributed by atoms with Crippen LogP contribution in [0.3, 0.4) is 0 Å². The van der Waals surface area contributed by atoms with Crippen molar-refractivity contribution in [3.8, 4) is 0 Å². The number of aromatic nitrogens is 1. The average molecular weight is 313 g/mol. The zero-order chi connectivity index (χ0) is 16.6. The topological polar surface area (TPSA) is 85.5 Å². The van der Waals surface area contributed by atoms with E-state index in [1.807, 2.05) is 31.2 Å². The summed E-state index contributed by atoms with van der Waals surface area (Å²) in [6.07, 6.45) is 0.246. The number of hydrogen-bond donors (Lipinski definition) is 1. The third-order valence-corrected chi connectivity index (χ3v) is 4.28. The van der Waals surface area contributed by atoms with Crippen LogP contribution in [0.2, 0.25) is 0 Å². The van der Waals surface area contributed by atoms with Gasteiger partial charge in [0.15, 0.2) is 0 Å². The lowest BCUT2D eigenvalue weighted by atomic mass is 10.1. The van der Waals surface area contributed by atoms with E-state index >= 15 is 0 Å². The van der Waals surface area contributed by atoms with Gasteiger partial charge in [0.25, 0.3) is 5.91 Å². The highest BCUT2D eigenvalue weighted by atomic mass is 16.5. The summed E-state index contributed by atoms with van der Waals surface area (Å²) < 4.78 is 5.30. The number of methoxy groups -OCH3 is 1. The number of benzene rings is 1. The van der Waals surface area contributed by atoms with Crippen LogP contribution in [0, 0.1) is 6.92 Å². The maximum Gasteiger partial charge on any atom is 0.256 e. The molecule has 0 spiro atoms. The Labute approximate surface area is 134 Å². The molecule has 23 heavy (non-hydrogen) atoms. The van der Waals surface area contributed by atoms with Crippen molar-refractivity contribution in [3.63, 3.8) is 0 Å². The Morgan fingerprint density at radius 1 is 1.30 bits per heavy atom. The summed E-state index contributed by atoms with van der Waals surface area (Å²) >= 11 is 0. The van der Waals surface area contributed by atoms with Crippen LogP contribution in [0.5, 0.6) is 0 Å². The average Bonchev–Trinajstić information content (AvgIpc) is 2.98. The van der Waals surface area contributed by atoms with E-state index in [-0.39, 0.29) is 12.0 Å². The normalized spacial score (nSPS) is 20.9. The lowest BCUT2D eigenvalue weighted by Gasteiger charge is -2.22. The molecular formula is C17H19N3O3. The lowest BCUT2D eigenvalue weighted by molar-refractivity contribution is -0.121. The first kappa shape index (κ1) is 15.4. The molecule has 2 aromatic rings. The van der Waals surface area contributed by atoms with Gasteiger partial charge in [0.1, 0.15) is 6.04 Å². The van der Waals surface area contributed by atoms with Gasteiger partial charge in [-0.05, 0) is 19.1 Å². The Morgan fingerprint density at radius 3 is 2.78 bits per heavy atom. The smallest absolute Gasteiger partial charge is 0.256 e. The van der Waals surface area contributed by atoms with Crippen molar-refractivity contribution in [2.24, 2.45) is 5.73 Å². The van der Waals surface area contributed by atoms with Crippen molar-refractivity contribution in [1.29, 1.82) is 0 Å². The molecule has 2 N–H and O–H groups in total. The predicted molar refractivity (Wildman–Crippen MR) is 85.9 cm³/mol. The van der Waals surface area contributed by atoms with Gasteiger partial charge in [0, 0.05) is 31.2 Å². The molecule has 1 fully saturated rings. The molecule has 2 atom stereocenters. The monoisotopic (exact) mass is 313 g/mol. The van der Waals surface area contributed by atoms with Crippen molar-refractivity contribution >= 4 is 22.7 Å². The molecule has 6 heteroatoms. The fourth-order valence-electron chi connectivity index (χ4n) is 3.03. The van der Waals surface area contributed by atoms with Crippen LogP contribution in [-0.2, 0) is 9.53 Å². The summed E-state index contributed by atoms with van der Waals surface area (Å²) in [5.74, 6) is -0.751. The van der Waals surface area contributed by atoms with Crippen molar-refractivity contribution in [1.82, 2.24) is 9.88 Å². The van der Waals surface area contributed by atoms with Crippen LogP contribution in [0.15, 0.2) is 30.3 Å². The summed E-state index contributed by atoms with van der Waals surface area (Å²) in [5.41, 5.74) is 7.41. The molecule has 120 valence electrons. The molecule has 1 aliphatic heterocycles. The second-order valence-electron chi connectivity index (χ2n) is 5.80. The first-order chi connectivity index (χ1) is 11.0. The lowest BCUT2D eigenvalue weighted by Crippen LogP contribution is -2.43. The Balaban J connectivity index is 2.03. The summed E-state index contributed by atoms with van der Waals surface area (Å²) in [5, 5.41) is 0.888. The van der Waals surface area contributed by atoms with Gasteiger partial charge in [-0.15, -0.1) is 0 Å². The number of carbonyl (C=O) groups is 2. The van der Waals surface area contributed by atoms with Gasteiger partial charge < -0.3 is 15.4 Å². The number of rotatable bonds is 3. The second-order valence-corrected chi connectivity index (χ2v) is 5.80. The Bertz CT molecular complexity index is 775. The van der Waals surface area contributed by atoms with E-state index in [1.165, 1.54) is 4.90 Å². The Morgan fingerprint density at radius 2 is 2.09 bits per heavy atom. The Kier molecular flexibility index (Phi) is 4.00. The minimum atomic E-state index is -0.646. The molecule has 0 bridgehead atoms. The standard InChI is InChI=1S/C17H19N3O3/c1-10-6-7-11-4-3-5-13(15(11)19-10)17(22)20-9-12(23-2)8-14(20)16(18)21/h3-7,12,14H,8-9H2,1-2H3,(H2,18,21)/t12-,14-/m0/s1. The van der Waals surface area contributed by atoms with Gasteiger partial charge in [-0.3, -0.25) is 14.6 Å². The number of fused-ring (bicyclic) bond motifs is 1. The van der Waals surface area contributed by atoms with Crippen molar-refractivity contribution in [2.45, 2.75) is 25.5 Å². The number of carbonyl (C=O) groups excluding carboxylic acids is 2. The van der Waals surface area contributed by atoms with E-state index in [2.05, 4.69) is 4.98 Å². The zero-order valence-electron chi connectivity index (χ0n) is 13.2. The number of nitrogens with zero attached hydrogens (tertiary/aromatic N) is 2. The molecule has 1 aromatic carbocycles. The van der Waals surface area contributed by atoms with Gasteiger partial charge in [0.05, 0.1) is 17.2 Å². The molecule has 3 rings (SSSR count). The minimum absolute atomic E-state index is 0.180. The fourth-order valence-corrected chi connectivity index (χ4v) is 3.03. The molecule has 0 unspecified atom stereocenters. The van der Waals surface area contributed by atoms with E-state index < -0.39 is 11.9 Å². The van der Waals surface area contributed by atoms with Crippen LogP contribution in [-0.4, -0.2) is 47.5 Å². The zero-order valence-corrected chi connectivity index (χ0v) is 13.2. The highest BCUT2D eigenvalue weighted by Gasteiger charge is 2.39. The maximum atomic E-state index is 13.0. The summed E-state index contributed by atoms with van der Waals surface area (Å²) in [4.78, 5) is 30.6. The highest BCUT2D eigenvalue weighted by Crippen LogP contribution is 2.25. The molecule has 0 radical (unpaired) electrons. The number of nitrogens with two attached hydrogens (primary N) is 1. The van der Waals surface area contributed by atoms with E-state index in [9.17, 15) is 9.59 Å². The first-order valence-electron chi connectivity index (χ1n) is 7.50. The number of para-hydroxylation sites is 1. The predicted octanol–water partition coefficient (Wildman–Crippen LogP) is 1.26. The molecule has 2 amide bonds. The van der Waals surface area contributed by atoms with Crippen molar-refractivity contribution in [2.75, 3.05) is 13.7 Å². The van der Waals surface area contributed by atoms with Crippen LogP contribution in [0.25, 0.3) is 10.9 Å². The number of amides is 2. The molecular weight excluding hydrogens is 294 g/mol. The molecule has 1 aromatic heterocycles. The van der Waals surface area contributed by atoms with E-state index in [0.717, 1.165) is 11.1 Å². The second kappa shape index (κ2) is 5.96. The largest absolute Gasteiger partial charge is 0.380 e. The number of pyridine rings is 1. The van der Waals surface area contributed by atoms with Crippen LogP contribution in [0.1, 0.15) is 22.5 Å². The molecule has 6 nitrogen and oxygen atoms in total. The van der Waals surface area contributed by atoms with Crippen molar-refractivity contribution < 1.29 is 14.3 Å². The molecule has 1 aliphatic rings. The van der Waals surface area contributed by atoms with Crippen LogP contribution in [0.4, 0.5) is 0 Å². The highest BCUT2D eigenvalue weighted by molar-refractivity contribution is 6.07. The van der Waals surface area contributed by atoms with Gasteiger partial charge in [-0.2, -0.15) is 0 Å². The van der Waals surface area contributed by atoms with E-state index in [0.29, 0.717) is 24.0 Å². The molecule has 1 saturated heterocycles. The van der Waals surface area contributed by atoms with Gasteiger partial charge in [0.2, 0.25) is 5.91 Å². The van der Waals surface area contributed by atoms with E-state index in [1.54, 1.807) is 13.2 Å². The van der Waals surface area contributed by atoms with E-state index in [4.69, 9.17) is 10.5 Å². The fraction of sp³-hybridized carbons (Fsp3) is 0.353. The number of hydrogen-bond acceptors (Lipinski definition) is 4. The SMILES string of the molecule is CO[C@H]1C[C@@H](C(N)=O)N(C(=O)c2cccc3ccc(C)nc23)C1. The first-order valence-corrected chi connectivity index (χ1v) is 7.50. The van der Waals surface area contributed by atoms with Crippen molar-refractivity contribution in [3.05, 3.63) is 41.6 Å². The summed E-state index contributed by atoms with van der Waals surface area (Å²) in [7, 11) is 1.57. The third-order valence-electron chi connectivity index (χ3n) is 4.28. The van der Waals surface area contributed by atoms with Gasteiger partial charge in [-0.1, -0.05) is 18.2 Å².